The molecule has 2 rings (SSSR count). The van der Waals surface area contributed by atoms with Gasteiger partial charge in [0.1, 0.15) is 5.75 Å². The van der Waals surface area contributed by atoms with Crippen molar-refractivity contribution >= 4 is 10.9 Å². The van der Waals surface area contributed by atoms with Crippen LogP contribution in [0.2, 0.25) is 0 Å². The van der Waals surface area contributed by atoms with E-state index in [0.717, 1.165) is 23.4 Å². The molecule has 0 amide bonds. The molecule has 0 spiro atoms. The average molecular weight is 204 g/mol. The largest absolute Gasteiger partial charge is 0.496 e. The third-order valence-corrected chi connectivity index (χ3v) is 2.74. The minimum Gasteiger partial charge on any atom is -0.496 e. The summed E-state index contributed by atoms with van der Waals surface area (Å²) in [7, 11) is 1.69. The fourth-order valence-corrected chi connectivity index (χ4v) is 2.03. The van der Waals surface area contributed by atoms with Crippen LogP contribution in [-0.2, 0) is 13.1 Å². The highest BCUT2D eigenvalue weighted by atomic mass is 16.5. The maximum absolute atomic E-state index is 5.72. The summed E-state index contributed by atoms with van der Waals surface area (Å²) in [4.78, 5) is 0. The number of nitrogens with two attached hydrogens (primary N) is 1. The minimum atomic E-state index is 0.561. The Morgan fingerprint density at radius 2 is 2.20 bits per heavy atom. The van der Waals surface area contributed by atoms with E-state index in [1.807, 2.05) is 12.1 Å². The Kier molecular flexibility index (Phi) is 2.64. The lowest BCUT2D eigenvalue weighted by atomic mass is 10.2. The topological polar surface area (TPSA) is 40.2 Å². The molecule has 15 heavy (non-hydrogen) atoms. The zero-order valence-electron chi connectivity index (χ0n) is 9.16. The molecule has 0 aliphatic carbocycles. The quantitative estimate of drug-likeness (QED) is 0.832. The lowest BCUT2D eigenvalue weighted by Gasteiger charge is -2.06. The molecular formula is C12H16N2O. The van der Waals surface area contributed by atoms with Gasteiger partial charge < -0.3 is 15.0 Å². The van der Waals surface area contributed by atoms with E-state index in [1.54, 1.807) is 7.11 Å². The molecule has 1 heterocycles. The van der Waals surface area contributed by atoms with Gasteiger partial charge in [-0.15, -0.1) is 0 Å². The molecule has 0 fully saturated rings. The van der Waals surface area contributed by atoms with Crippen molar-refractivity contribution in [3.63, 3.8) is 0 Å². The molecule has 0 atom stereocenters. The van der Waals surface area contributed by atoms with Gasteiger partial charge in [0.25, 0.3) is 0 Å². The number of hydrogen-bond acceptors (Lipinski definition) is 2. The molecule has 3 heteroatoms. The second-order valence-electron chi connectivity index (χ2n) is 3.48. The fraction of sp³-hybridized carbons (Fsp3) is 0.333. The van der Waals surface area contributed by atoms with Crippen LogP contribution in [0.5, 0.6) is 5.75 Å². The van der Waals surface area contributed by atoms with Gasteiger partial charge in [0.2, 0.25) is 0 Å². The summed E-state index contributed by atoms with van der Waals surface area (Å²) < 4.78 is 7.55. The molecule has 0 unspecified atom stereocenters. The van der Waals surface area contributed by atoms with Gasteiger partial charge in [0, 0.05) is 24.2 Å². The zero-order chi connectivity index (χ0) is 10.8. The van der Waals surface area contributed by atoms with E-state index in [1.165, 1.54) is 5.52 Å². The van der Waals surface area contributed by atoms with E-state index >= 15 is 0 Å². The SMILES string of the molecule is CCn1c(CN)cc2c(OC)cccc21. The summed E-state index contributed by atoms with van der Waals surface area (Å²) >= 11 is 0. The maximum atomic E-state index is 5.72. The van der Waals surface area contributed by atoms with Crippen LogP contribution in [0.1, 0.15) is 12.6 Å². The molecule has 0 aliphatic rings. The van der Waals surface area contributed by atoms with Gasteiger partial charge in [-0.25, -0.2) is 0 Å². The summed E-state index contributed by atoms with van der Waals surface area (Å²) in [6.07, 6.45) is 0. The first-order valence-electron chi connectivity index (χ1n) is 5.17. The van der Waals surface area contributed by atoms with Crippen LogP contribution in [0.4, 0.5) is 0 Å². The molecule has 3 nitrogen and oxygen atoms in total. The van der Waals surface area contributed by atoms with Gasteiger partial charge in [-0.2, -0.15) is 0 Å². The Morgan fingerprint density at radius 1 is 1.40 bits per heavy atom. The molecule has 1 aromatic carbocycles. The maximum Gasteiger partial charge on any atom is 0.128 e. The summed E-state index contributed by atoms with van der Waals surface area (Å²) in [6.45, 7) is 3.62. The summed E-state index contributed by atoms with van der Waals surface area (Å²) in [5, 5.41) is 1.14. The zero-order valence-corrected chi connectivity index (χ0v) is 9.16. The fourth-order valence-electron chi connectivity index (χ4n) is 2.03. The predicted octanol–water partition coefficient (Wildman–Crippen LogP) is 2.13. The molecule has 1 aromatic heterocycles. The van der Waals surface area contributed by atoms with E-state index in [0.29, 0.717) is 6.54 Å². The predicted molar refractivity (Wildman–Crippen MR) is 62.1 cm³/mol. The first-order valence-corrected chi connectivity index (χ1v) is 5.17. The van der Waals surface area contributed by atoms with E-state index in [2.05, 4.69) is 23.6 Å². The third kappa shape index (κ3) is 1.49. The lowest BCUT2D eigenvalue weighted by molar-refractivity contribution is 0.420. The second kappa shape index (κ2) is 3.95. The summed E-state index contributed by atoms with van der Waals surface area (Å²) in [5.41, 5.74) is 8.06. The number of nitrogens with zero attached hydrogens (tertiary/aromatic N) is 1. The highest BCUT2D eigenvalue weighted by molar-refractivity contribution is 5.87. The average Bonchev–Trinajstić information content (AvgIpc) is 2.66. The van der Waals surface area contributed by atoms with Crippen molar-refractivity contribution in [1.29, 1.82) is 0 Å². The summed E-state index contributed by atoms with van der Waals surface area (Å²) in [6, 6.07) is 8.19. The Morgan fingerprint density at radius 3 is 2.80 bits per heavy atom. The summed E-state index contributed by atoms with van der Waals surface area (Å²) in [5.74, 6) is 0.911. The number of ether oxygens (including phenoxy) is 1. The highest BCUT2D eigenvalue weighted by Crippen LogP contribution is 2.28. The molecule has 2 N–H and O–H groups in total. The molecule has 0 saturated carbocycles. The third-order valence-electron chi connectivity index (χ3n) is 2.74. The number of methoxy groups -OCH3 is 1. The molecular weight excluding hydrogens is 188 g/mol. The van der Waals surface area contributed by atoms with E-state index in [9.17, 15) is 0 Å². The van der Waals surface area contributed by atoms with E-state index in [-0.39, 0.29) is 0 Å². The van der Waals surface area contributed by atoms with Crippen molar-refractivity contribution in [3.05, 3.63) is 30.0 Å². The van der Waals surface area contributed by atoms with Crippen LogP contribution < -0.4 is 10.5 Å². The standard InChI is InChI=1S/C12H16N2O/c1-3-14-9(8-13)7-10-11(14)5-4-6-12(10)15-2/h4-7H,3,8,13H2,1-2H3. The lowest BCUT2D eigenvalue weighted by Crippen LogP contribution is -2.05. The van der Waals surface area contributed by atoms with Crippen molar-refractivity contribution < 1.29 is 4.74 Å². The normalized spacial score (nSPS) is 10.9. The van der Waals surface area contributed by atoms with Crippen molar-refractivity contribution in [2.24, 2.45) is 5.73 Å². The van der Waals surface area contributed by atoms with Crippen molar-refractivity contribution in [3.8, 4) is 5.75 Å². The van der Waals surface area contributed by atoms with Crippen LogP contribution in [0.15, 0.2) is 24.3 Å². The van der Waals surface area contributed by atoms with E-state index in [4.69, 9.17) is 10.5 Å². The Hall–Kier alpha value is -1.48. The number of aromatic nitrogens is 1. The second-order valence-corrected chi connectivity index (χ2v) is 3.48. The Labute approximate surface area is 89.4 Å². The monoisotopic (exact) mass is 204 g/mol. The van der Waals surface area contributed by atoms with Gasteiger partial charge in [-0.05, 0) is 25.1 Å². The molecule has 2 aromatic rings. The van der Waals surface area contributed by atoms with Crippen molar-refractivity contribution in [2.75, 3.05) is 7.11 Å². The van der Waals surface area contributed by atoms with Crippen molar-refractivity contribution in [2.45, 2.75) is 20.0 Å². The number of benzene rings is 1. The van der Waals surface area contributed by atoms with Crippen LogP contribution >= 0.6 is 0 Å². The molecule has 0 saturated heterocycles. The van der Waals surface area contributed by atoms with Crippen LogP contribution in [-0.4, -0.2) is 11.7 Å². The minimum absolute atomic E-state index is 0.561. The number of aryl methyl sites for hydroxylation is 1. The van der Waals surface area contributed by atoms with Crippen LogP contribution in [0.25, 0.3) is 10.9 Å². The van der Waals surface area contributed by atoms with Gasteiger partial charge in [-0.3, -0.25) is 0 Å². The first kappa shape index (κ1) is 10.1. The van der Waals surface area contributed by atoms with Crippen molar-refractivity contribution in [1.82, 2.24) is 4.57 Å². The number of fused-ring (bicyclic) bond motifs is 1. The molecule has 80 valence electrons. The molecule has 0 radical (unpaired) electrons. The van der Waals surface area contributed by atoms with E-state index < -0.39 is 0 Å². The number of hydrogen-bond donors (Lipinski definition) is 1. The van der Waals surface area contributed by atoms with Gasteiger partial charge in [-0.1, -0.05) is 6.07 Å². The van der Waals surface area contributed by atoms with Gasteiger partial charge >= 0.3 is 0 Å². The molecule has 0 bridgehead atoms. The van der Waals surface area contributed by atoms with Crippen LogP contribution in [0.3, 0.4) is 0 Å². The first-order chi connectivity index (χ1) is 7.31. The highest BCUT2D eigenvalue weighted by Gasteiger charge is 2.09. The molecule has 0 aliphatic heterocycles. The smallest absolute Gasteiger partial charge is 0.128 e. The Balaban J connectivity index is 2.75. The van der Waals surface area contributed by atoms with Gasteiger partial charge in [0.05, 0.1) is 12.6 Å². The van der Waals surface area contributed by atoms with Gasteiger partial charge in [0.15, 0.2) is 0 Å². The Bertz CT molecular complexity index is 474. The van der Waals surface area contributed by atoms with Crippen LogP contribution in [0, 0.1) is 0 Å². The number of rotatable bonds is 3.